The van der Waals surface area contributed by atoms with Crippen molar-refractivity contribution < 1.29 is 18.0 Å². The van der Waals surface area contributed by atoms with Crippen LogP contribution in [0.5, 0.6) is 0 Å². The Kier molecular flexibility index (Phi) is 5.35. The summed E-state index contributed by atoms with van der Waals surface area (Å²) in [6.07, 6.45) is -4.67. The van der Waals surface area contributed by atoms with Gasteiger partial charge in [0.1, 0.15) is 14.7 Å². The lowest BCUT2D eigenvalue weighted by Crippen LogP contribution is -2.12. The molecular weight excluding hydrogens is 491 g/mol. The number of carbonyl (C=O) groups is 1. The monoisotopic (exact) mass is 503 g/mol. The number of rotatable bonds is 4. The van der Waals surface area contributed by atoms with Crippen LogP contribution in [0.1, 0.15) is 15.2 Å². The van der Waals surface area contributed by atoms with Crippen LogP contribution in [0.3, 0.4) is 0 Å². The summed E-state index contributed by atoms with van der Waals surface area (Å²) < 4.78 is 41.5. The highest BCUT2D eigenvalue weighted by Crippen LogP contribution is 2.44. The van der Waals surface area contributed by atoms with E-state index in [1.54, 1.807) is 17.5 Å². The van der Waals surface area contributed by atoms with E-state index >= 15 is 0 Å². The predicted molar refractivity (Wildman–Crippen MR) is 126 cm³/mol. The normalized spacial score (nSPS) is 11.7. The molecule has 5 rings (SSSR count). The molecule has 1 aromatic carbocycles. The molecule has 0 fully saturated rings. The average molecular weight is 504 g/mol. The number of thiophene rings is 2. The van der Waals surface area contributed by atoms with E-state index in [0.717, 1.165) is 34.3 Å². The van der Waals surface area contributed by atoms with Crippen molar-refractivity contribution in [1.29, 1.82) is 0 Å². The number of hydrogen-bond acceptors (Lipinski definition) is 8. The molecule has 0 aliphatic rings. The number of fused-ring (bicyclic) bond motifs is 1. The second kappa shape index (κ2) is 8.21. The van der Waals surface area contributed by atoms with Crippen molar-refractivity contribution >= 4 is 61.0 Å². The third-order valence-corrected chi connectivity index (χ3v) is 7.53. The molecule has 0 bridgehead atoms. The first-order valence-electron chi connectivity index (χ1n) is 9.35. The van der Waals surface area contributed by atoms with Crippen molar-refractivity contribution in [3.63, 3.8) is 0 Å². The number of alkyl halides is 3. The lowest BCUT2D eigenvalue weighted by molar-refractivity contribution is -0.136. The zero-order valence-electron chi connectivity index (χ0n) is 16.4. The molecule has 0 saturated heterocycles. The number of hydrogen-bond donors (Lipinski definition) is 2. The Labute approximate surface area is 196 Å². The Morgan fingerprint density at radius 1 is 1.03 bits per heavy atom. The maximum Gasteiger partial charge on any atom is 0.417 e. The molecule has 33 heavy (non-hydrogen) atoms. The van der Waals surface area contributed by atoms with Crippen LogP contribution in [0.25, 0.3) is 31.4 Å². The zero-order chi connectivity index (χ0) is 23.2. The fourth-order valence-electron chi connectivity index (χ4n) is 3.19. The maximum atomic E-state index is 13.8. The van der Waals surface area contributed by atoms with Crippen molar-refractivity contribution in [2.75, 3.05) is 11.1 Å². The van der Waals surface area contributed by atoms with Crippen LogP contribution in [0.2, 0.25) is 0 Å². The molecule has 3 N–H and O–H groups in total. The first-order valence-corrected chi connectivity index (χ1v) is 11.9. The minimum Gasteiger partial charge on any atom is -0.397 e. The summed E-state index contributed by atoms with van der Waals surface area (Å²) in [5, 5.41) is 12.9. The number of nitrogen functional groups attached to an aromatic ring is 1. The van der Waals surface area contributed by atoms with E-state index in [2.05, 4.69) is 20.5 Å². The van der Waals surface area contributed by atoms with Gasteiger partial charge in [0.2, 0.25) is 5.13 Å². The Balaban J connectivity index is 1.53. The number of anilines is 2. The van der Waals surface area contributed by atoms with Gasteiger partial charge >= 0.3 is 6.18 Å². The van der Waals surface area contributed by atoms with Gasteiger partial charge in [0.05, 0.1) is 21.8 Å². The number of nitrogens with one attached hydrogen (secondary N) is 1. The van der Waals surface area contributed by atoms with Gasteiger partial charge in [0, 0.05) is 10.9 Å². The van der Waals surface area contributed by atoms with E-state index in [1.807, 2.05) is 30.3 Å². The summed E-state index contributed by atoms with van der Waals surface area (Å²) in [5.41, 5.74) is 5.85. The molecule has 0 aliphatic carbocycles. The first kappa shape index (κ1) is 21.5. The zero-order valence-corrected chi connectivity index (χ0v) is 18.8. The summed E-state index contributed by atoms with van der Waals surface area (Å²) >= 11 is 3.23. The summed E-state index contributed by atoms with van der Waals surface area (Å²) in [5.74, 6) is -0.669. The van der Waals surface area contributed by atoms with Crippen molar-refractivity contribution in [1.82, 2.24) is 15.2 Å². The van der Waals surface area contributed by atoms with Crippen LogP contribution in [0.4, 0.5) is 24.0 Å². The minimum absolute atomic E-state index is 0.0399. The van der Waals surface area contributed by atoms with Gasteiger partial charge in [-0.05, 0) is 17.5 Å². The quantitative estimate of drug-likeness (QED) is 0.296. The lowest BCUT2D eigenvalue weighted by atomic mass is 10.1. The topological polar surface area (TPSA) is 93.8 Å². The number of benzene rings is 1. The van der Waals surface area contributed by atoms with E-state index in [1.165, 1.54) is 11.3 Å². The molecule has 0 aliphatic heterocycles. The third-order valence-electron chi connectivity index (χ3n) is 4.65. The Morgan fingerprint density at radius 2 is 1.82 bits per heavy atom. The van der Waals surface area contributed by atoms with Crippen LogP contribution >= 0.6 is 34.0 Å². The van der Waals surface area contributed by atoms with Crippen molar-refractivity contribution in [3.8, 4) is 21.1 Å². The molecule has 0 saturated carbocycles. The van der Waals surface area contributed by atoms with E-state index in [-0.39, 0.29) is 31.6 Å². The summed E-state index contributed by atoms with van der Waals surface area (Å²) in [7, 11) is 0. The minimum atomic E-state index is -4.67. The first-order chi connectivity index (χ1) is 15.8. The second-order valence-corrected chi connectivity index (χ2v) is 9.71. The molecule has 166 valence electrons. The van der Waals surface area contributed by atoms with Crippen LogP contribution in [-0.4, -0.2) is 21.1 Å². The molecule has 0 spiro atoms. The molecule has 6 nitrogen and oxygen atoms in total. The summed E-state index contributed by atoms with van der Waals surface area (Å²) in [6.45, 7) is 0. The maximum absolute atomic E-state index is 13.8. The lowest BCUT2D eigenvalue weighted by Gasteiger charge is -2.10. The third kappa shape index (κ3) is 4.08. The molecule has 1 amide bonds. The van der Waals surface area contributed by atoms with Gasteiger partial charge in [-0.15, -0.1) is 32.9 Å². The van der Waals surface area contributed by atoms with E-state index in [9.17, 15) is 18.0 Å². The smallest absolute Gasteiger partial charge is 0.397 e. The van der Waals surface area contributed by atoms with Crippen LogP contribution in [-0.2, 0) is 6.18 Å². The number of nitrogens with zero attached hydrogens (tertiary/aromatic N) is 3. The molecule has 12 heteroatoms. The second-order valence-electron chi connectivity index (χ2n) is 6.79. The van der Waals surface area contributed by atoms with Crippen molar-refractivity contribution in [3.05, 3.63) is 64.4 Å². The number of carbonyl (C=O) groups excluding carboxylic acids is 1. The van der Waals surface area contributed by atoms with Gasteiger partial charge in [0.15, 0.2) is 0 Å². The number of halogens is 3. The van der Waals surface area contributed by atoms with Gasteiger partial charge in [-0.2, -0.15) is 13.2 Å². The number of amides is 1. The molecule has 0 radical (unpaired) electrons. The molecule has 5 aromatic rings. The van der Waals surface area contributed by atoms with E-state index in [4.69, 9.17) is 5.73 Å². The number of aromatic nitrogens is 3. The molecule has 4 aromatic heterocycles. The van der Waals surface area contributed by atoms with E-state index in [0.29, 0.717) is 9.88 Å². The average Bonchev–Trinajstić information content (AvgIpc) is 3.54. The Hall–Kier alpha value is -3.35. The van der Waals surface area contributed by atoms with Gasteiger partial charge in [-0.25, -0.2) is 4.98 Å². The summed E-state index contributed by atoms with van der Waals surface area (Å²) in [4.78, 5) is 17.8. The SMILES string of the molecule is Nc1c(C(=O)Nc2nnc(-c3ccccc3)s2)sc2nc(-c3cccs3)cc(C(F)(F)F)c12. The predicted octanol–water partition coefficient (Wildman–Crippen LogP) is 6.40. The molecule has 4 heterocycles. The Bertz CT molecular complexity index is 1460. The number of nitrogens with two attached hydrogens (primary N) is 1. The van der Waals surface area contributed by atoms with Gasteiger partial charge < -0.3 is 5.73 Å². The van der Waals surface area contributed by atoms with Crippen LogP contribution in [0.15, 0.2) is 53.9 Å². The van der Waals surface area contributed by atoms with Gasteiger partial charge in [-0.3, -0.25) is 10.1 Å². The highest BCUT2D eigenvalue weighted by Gasteiger charge is 2.36. The van der Waals surface area contributed by atoms with Gasteiger partial charge in [0.25, 0.3) is 5.91 Å². The number of pyridine rings is 1. The fourth-order valence-corrected chi connectivity index (χ4v) is 5.63. The van der Waals surface area contributed by atoms with Gasteiger partial charge in [-0.1, -0.05) is 47.7 Å². The Morgan fingerprint density at radius 3 is 2.52 bits per heavy atom. The van der Waals surface area contributed by atoms with Crippen LogP contribution < -0.4 is 11.1 Å². The van der Waals surface area contributed by atoms with E-state index < -0.39 is 17.6 Å². The van der Waals surface area contributed by atoms with Crippen molar-refractivity contribution in [2.24, 2.45) is 0 Å². The van der Waals surface area contributed by atoms with Crippen molar-refractivity contribution in [2.45, 2.75) is 6.18 Å². The highest BCUT2D eigenvalue weighted by atomic mass is 32.1. The molecular formula is C21H12F3N5OS3. The molecule has 0 atom stereocenters. The fraction of sp³-hybridized carbons (Fsp3) is 0.0476. The highest BCUT2D eigenvalue weighted by molar-refractivity contribution is 7.21. The standard InChI is InChI=1S/C21H12F3N5OS3/c22-21(23,24)11-9-12(13-7-4-8-31-13)26-19-14(11)15(25)16(32-19)17(30)27-20-29-28-18(33-20)10-5-2-1-3-6-10/h1-9H,25H2,(H,27,29,30). The summed E-state index contributed by atoms with van der Waals surface area (Å²) in [6, 6.07) is 13.7. The molecule has 0 unspecified atom stereocenters. The largest absolute Gasteiger partial charge is 0.417 e. The van der Waals surface area contributed by atoms with Crippen LogP contribution in [0, 0.1) is 0 Å².